The van der Waals surface area contributed by atoms with E-state index in [1.807, 2.05) is 48.5 Å². The van der Waals surface area contributed by atoms with Crippen molar-refractivity contribution in [2.45, 2.75) is 43.7 Å². The van der Waals surface area contributed by atoms with Crippen molar-refractivity contribution in [3.8, 4) is 11.5 Å². The predicted octanol–water partition coefficient (Wildman–Crippen LogP) is 4.01. The maximum absolute atomic E-state index is 12.9. The van der Waals surface area contributed by atoms with Gasteiger partial charge in [-0.1, -0.05) is 37.1 Å². The number of methoxy groups -OCH3 is 2. The Morgan fingerprint density at radius 2 is 1.94 bits per heavy atom. The zero-order valence-electron chi connectivity index (χ0n) is 18.3. The third kappa shape index (κ3) is 4.55. The zero-order valence-corrected chi connectivity index (χ0v) is 18.3. The van der Waals surface area contributed by atoms with Crippen molar-refractivity contribution in [1.29, 1.82) is 0 Å². The van der Waals surface area contributed by atoms with Gasteiger partial charge in [-0.05, 0) is 37.5 Å². The summed E-state index contributed by atoms with van der Waals surface area (Å²) in [7, 11) is 3.29. The zero-order chi connectivity index (χ0) is 21.8. The van der Waals surface area contributed by atoms with Gasteiger partial charge < -0.3 is 19.9 Å². The first-order valence-corrected chi connectivity index (χ1v) is 11.1. The Hall–Kier alpha value is -2.57. The summed E-state index contributed by atoms with van der Waals surface area (Å²) in [4.78, 5) is 15.1. The second kappa shape index (κ2) is 9.28. The number of aliphatic hydroxyl groups is 1. The highest BCUT2D eigenvalue weighted by molar-refractivity contribution is 5.92. The molecule has 1 saturated heterocycles. The highest BCUT2D eigenvalue weighted by Gasteiger charge is 2.49. The quantitative estimate of drug-likeness (QED) is 0.733. The molecule has 0 radical (unpaired) electrons. The number of piperidine rings is 1. The van der Waals surface area contributed by atoms with E-state index in [1.54, 1.807) is 14.2 Å². The molecule has 6 nitrogen and oxygen atoms in total. The van der Waals surface area contributed by atoms with E-state index in [0.717, 1.165) is 48.4 Å². The highest BCUT2D eigenvalue weighted by Crippen LogP contribution is 2.51. The number of nitrogens with zero attached hydrogens (tertiary/aromatic N) is 1. The number of anilines is 1. The van der Waals surface area contributed by atoms with Crippen LogP contribution in [0.5, 0.6) is 11.5 Å². The van der Waals surface area contributed by atoms with Crippen LogP contribution in [0.1, 0.15) is 43.7 Å². The average Bonchev–Trinajstić information content (AvgIpc) is 2.79. The number of para-hydroxylation sites is 1. The van der Waals surface area contributed by atoms with E-state index < -0.39 is 5.60 Å². The highest BCUT2D eigenvalue weighted by atomic mass is 16.5. The molecule has 31 heavy (non-hydrogen) atoms. The smallest absolute Gasteiger partial charge is 0.238 e. The lowest BCUT2D eigenvalue weighted by Crippen LogP contribution is -2.56. The number of likely N-dealkylation sites (tertiary alicyclic amines) is 1. The molecule has 0 aromatic heterocycles. The number of rotatable bonds is 6. The number of amides is 1. The van der Waals surface area contributed by atoms with Gasteiger partial charge in [0, 0.05) is 35.8 Å². The third-order valence-corrected chi connectivity index (χ3v) is 6.84. The summed E-state index contributed by atoms with van der Waals surface area (Å²) in [6, 6.07) is 15.2. The van der Waals surface area contributed by atoms with Gasteiger partial charge in [-0.3, -0.25) is 9.69 Å². The second-order valence-corrected chi connectivity index (χ2v) is 8.64. The molecule has 1 aliphatic carbocycles. The van der Waals surface area contributed by atoms with Crippen molar-refractivity contribution in [3.05, 3.63) is 54.1 Å². The molecule has 1 heterocycles. The fourth-order valence-electron chi connectivity index (χ4n) is 5.30. The van der Waals surface area contributed by atoms with Crippen LogP contribution in [0.3, 0.4) is 0 Å². The van der Waals surface area contributed by atoms with Gasteiger partial charge >= 0.3 is 0 Å². The van der Waals surface area contributed by atoms with Crippen LogP contribution in [-0.2, 0) is 4.79 Å². The monoisotopic (exact) mass is 424 g/mol. The molecule has 1 aliphatic heterocycles. The molecular weight excluding hydrogens is 392 g/mol. The minimum atomic E-state index is -0.694. The summed E-state index contributed by atoms with van der Waals surface area (Å²) in [6.07, 6.45) is 4.58. The fraction of sp³-hybridized carbons (Fsp3) is 0.480. The summed E-state index contributed by atoms with van der Waals surface area (Å²) in [5.41, 5.74) is 1.10. The average molecular weight is 425 g/mol. The maximum Gasteiger partial charge on any atom is 0.238 e. The minimum absolute atomic E-state index is 0.0510. The number of fused-ring (bicyclic) bond motifs is 1. The Morgan fingerprint density at radius 1 is 1.13 bits per heavy atom. The minimum Gasteiger partial charge on any atom is -0.497 e. The number of hydrogen-bond acceptors (Lipinski definition) is 5. The molecule has 0 spiro atoms. The van der Waals surface area contributed by atoms with Crippen LogP contribution in [0.4, 0.5) is 5.69 Å². The molecule has 0 bridgehead atoms. The molecule has 2 aliphatic rings. The Kier molecular flexibility index (Phi) is 6.49. The van der Waals surface area contributed by atoms with Gasteiger partial charge in [0.1, 0.15) is 11.5 Å². The van der Waals surface area contributed by atoms with Gasteiger partial charge in [-0.2, -0.15) is 0 Å². The lowest BCUT2D eigenvalue weighted by molar-refractivity contribution is -0.135. The molecule has 1 saturated carbocycles. The van der Waals surface area contributed by atoms with Crippen LogP contribution >= 0.6 is 0 Å². The van der Waals surface area contributed by atoms with Gasteiger partial charge in [0.05, 0.1) is 26.4 Å². The van der Waals surface area contributed by atoms with Crippen LogP contribution in [0.25, 0.3) is 0 Å². The summed E-state index contributed by atoms with van der Waals surface area (Å²) in [6.45, 7) is 0.927. The SMILES string of the molecule is COc1ccc(C2C3CCCCC3(O)CCN2CC(=O)Nc2ccccc2)c(OC)c1. The third-order valence-electron chi connectivity index (χ3n) is 6.84. The first-order chi connectivity index (χ1) is 15.0. The number of ether oxygens (including phenoxy) is 2. The van der Waals surface area contributed by atoms with Gasteiger partial charge in [0.15, 0.2) is 0 Å². The van der Waals surface area contributed by atoms with Gasteiger partial charge in [0.25, 0.3) is 0 Å². The van der Waals surface area contributed by atoms with Crippen LogP contribution in [0.2, 0.25) is 0 Å². The van der Waals surface area contributed by atoms with E-state index in [-0.39, 0.29) is 24.4 Å². The molecule has 166 valence electrons. The summed E-state index contributed by atoms with van der Waals surface area (Å²) < 4.78 is 11.1. The lowest BCUT2D eigenvalue weighted by atomic mass is 9.66. The molecule has 2 N–H and O–H groups in total. The standard InChI is InChI=1S/C25H32N2O4/c1-30-19-11-12-20(22(16-19)31-2)24-21-10-6-7-13-25(21,29)14-15-27(24)17-23(28)26-18-8-4-3-5-9-18/h3-5,8-9,11-12,16,21,24,29H,6-7,10,13-15,17H2,1-2H3,(H,26,28). The van der Waals surface area contributed by atoms with E-state index in [2.05, 4.69) is 10.2 Å². The van der Waals surface area contributed by atoms with Gasteiger partial charge in [0.2, 0.25) is 5.91 Å². The van der Waals surface area contributed by atoms with E-state index in [1.165, 1.54) is 0 Å². The molecule has 4 rings (SSSR count). The molecule has 3 atom stereocenters. The number of carbonyl (C=O) groups is 1. The van der Waals surface area contributed by atoms with Crippen molar-refractivity contribution in [2.75, 3.05) is 32.6 Å². The molecular formula is C25H32N2O4. The van der Waals surface area contributed by atoms with Crippen molar-refractivity contribution >= 4 is 11.6 Å². The largest absolute Gasteiger partial charge is 0.497 e. The van der Waals surface area contributed by atoms with Crippen molar-refractivity contribution in [3.63, 3.8) is 0 Å². The maximum atomic E-state index is 12.9. The lowest BCUT2D eigenvalue weighted by Gasteiger charge is -2.52. The molecule has 2 aromatic rings. The van der Waals surface area contributed by atoms with Crippen molar-refractivity contribution in [2.24, 2.45) is 5.92 Å². The number of benzene rings is 2. The Morgan fingerprint density at radius 3 is 2.68 bits per heavy atom. The molecule has 3 unspecified atom stereocenters. The van der Waals surface area contributed by atoms with E-state index in [4.69, 9.17) is 9.47 Å². The summed E-state index contributed by atoms with van der Waals surface area (Å²) in [5.74, 6) is 1.46. The van der Waals surface area contributed by atoms with Crippen LogP contribution in [0.15, 0.2) is 48.5 Å². The molecule has 2 fully saturated rings. The van der Waals surface area contributed by atoms with Crippen molar-refractivity contribution in [1.82, 2.24) is 4.90 Å². The van der Waals surface area contributed by atoms with E-state index >= 15 is 0 Å². The molecule has 2 aromatic carbocycles. The fourth-order valence-corrected chi connectivity index (χ4v) is 5.30. The molecule has 6 heteroatoms. The first kappa shape index (κ1) is 21.7. The number of carbonyl (C=O) groups excluding carboxylic acids is 1. The van der Waals surface area contributed by atoms with Crippen LogP contribution < -0.4 is 14.8 Å². The van der Waals surface area contributed by atoms with E-state index in [0.29, 0.717) is 13.0 Å². The van der Waals surface area contributed by atoms with Crippen molar-refractivity contribution < 1.29 is 19.4 Å². The number of nitrogens with one attached hydrogen (secondary N) is 1. The Balaban J connectivity index is 1.64. The number of hydrogen-bond donors (Lipinski definition) is 2. The summed E-state index contributed by atoms with van der Waals surface area (Å²) >= 11 is 0. The van der Waals surface area contributed by atoms with Gasteiger partial charge in [-0.15, -0.1) is 0 Å². The molecule has 1 amide bonds. The normalized spacial score (nSPS) is 26.0. The van der Waals surface area contributed by atoms with E-state index in [9.17, 15) is 9.90 Å². The Bertz CT molecular complexity index is 904. The topological polar surface area (TPSA) is 71.0 Å². The Labute approximate surface area is 184 Å². The summed E-state index contributed by atoms with van der Waals surface area (Å²) in [5, 5.41) is 14.5. The van der Waals surface area contributed by atoms with Crippen LogP contribution in [-0.4, -0.2) is 48.8 Å². The van der Waals surface area contributed by atoms with Gasteiger partial charge in [-0.25, -0.2) is 0 Å². The second-order valence-electron chi connectivity index (χ2n) is 8.64. The predicted molar refractivity (Wildman–Crippen MR) is 120 cm³/mol. The van der Waals surface area contributed by atoms with Crippen LogP contribution in [0, 0.1) is 5.92 Å². The first-order valence-electron chi connectivity index (χ1n) is 11.1.